The molecule has 1 amide bonds. The molecular weight excluding hydrogens is 508 g/mol. The second-order valence-corrected chi connectivity index (χ2v) is 9.06. The number of hydrogen-bond acceptors (Lipinski definition) is 5. The number of aliphatic carboxylic acids is 1. The summed E-state index contributed by atoms with van der Waals surface area (Å²) in [4.78, 5) is 24.1. The maximum atomic E-state index is 13.3. The van der Waals surface area contributed by atoms with Crippen molar-refractivity contribution < 1.29 is 37.0 Å². The van der Waals surface area contributed by atoms with Crippen molar-refractivity contribution in [3.8, 4) is 5.75 Å². The van der Waals surface area contributed by atoms with Gasteiger partial charge in [-0.2, -0.15) is 18.3 Å². The van der Waals surface area contributed by atoms with Crippen LogP contribution in [0.5, 0.6) is 5.75 Å². The fourth-order valence-electron chi connectivity index (χ4n) is 4.97. The average Bonchev–Trinajstić information content (AvgIpc) is 3.54. The normalized spacial score (nSPS) is 20.2. The van der Waals surface area contributed by atoms with E-state index >= 15 is 0 Å². The third-order valence-corrected chi connectivity index (χ3v) is 6.65. The number of benzene rings is 2. The Bertz CT molecular complexity index is 1300. The minimum Gasteiger partial charge on any atom is -0.492 e. The van der Waals surface area contributed by atoms with Gasteiger partial charge in [0.1, 0.15) is 23.9 Å². The molecule has 38 heavy (non-hydrogen) atoms. The van der Waals surface area contributed by atoms with E-state index < -0.39 is 12.1 Å². The smallest absolute Gasteiger partial charge is 0.490 e. The lowest BCUT2D eigenvalue weighted by atomic mass is 9.94. The highest BCUT2D eigenvalue weighted by Crippen LogP contribution is 2.49. The van der Waals surface area contributed by atoms with Crippen LogP contribution in [0.15, 0.2) is 60.8 Å². The molecule has 0 bridgehead atoms. The Hall–Kier alpha value is -3.93. The first-order valence-corrected chi connectivity index (χ1v) is 11.8. The molecule has 0 spiro atoms. The molecule has 3 atom stereocenters. The molecule has 2 aliphatic rings. The fourth-order valence-corrected chi connectivity index (χ4v) is 4.97. The predicted octanol–water partition coefficient (Wildman–Crippen LogP) is 3.77. The van der Waals surface area contributed by atoms with E-state index in [2.05, 4.69) is 33.5 Å². The molecule has 12 heteroatoms. The maximum Gasteiger partial charge on any atom is 0.490 e. The molecule has 1 saturated heterocycles. The van der Waals surface area contributed by atoms with Crippen LogP contribution in [0.25, 0.3) is 0 Å². The predicted molar refractivity (Wildman–Crippen MR) is 128 cm³/mol. The highest BCUT2D eigenvalue weighted by molar-refractivity contribution is 5.92. The van der Waals surface area contributed by atoms with Gasteiger partial charge < -0.3 is 15.2 Å². The van der Waals surface area contributed by atoms with Crippen molar-refractivity contribution in [3.05, 3.63) is 83.4 Å². The Morgan fingerprint density at radius 2 is 1.82 bits per heavy atom. The van der Waals surface area contributed by atoms with Gasteiger partial charge in [-0.05, 0) is 29.3 Å². The lowest BCUT2D eigenvalue weighted by Gasteiger charge is -2.23. The number of aryl methyl sites for hydroxylation is 1. The van der Waals surface area contributed by atoms with Gasteiger partial charge in [-0.25, -0.2) is 9.18 Å². The van der Waals surface area contributed by atoms with Crippen LogP contribution in [-0.2, 0) is 11.8 Å². The number of likely N-dealkylation sites (tertiary alicyclic amines) is 1. The minimum atomic E-state index is -5.08. The first kappa shape index (κ1) is 27.1. The van der Waals surface area contributed by atoms with E-state index in [4.69, 9.17) is 14.6 Å². The number of nitrogens with one attached hydrogen (secondary N) is 1. The van der Waals surface area contributed by atoms with Gasteiger partial charge in [-0.3, -0.25) is 14.4 Å². The summed E-state index contributed by atoms with van der Waals surface area (Å²) in [6.07, 6.45) is -3.45. The first-order valence-electron chi connectivity index (χ1n) is 11.8. The molecule has 5 rings (SSSR count). The Labute approximate surface area is 215 Å². The second-order valence-electron chi connectivity index (χ2n) is 9.06. The van der Waals surface area contributed by atoms with Crippen molar-refractivity contribution in [2.45, 2.75) is 18.1 Å². The van der Waals surface area contributed by atoms with E-state index in [-0.39, 0.29) is 17.8 Å². The summed E-state index contributed by atoms with van der Waals surface area (Å²) < 4.78 is 52.4. The van der Waals surface area contributed by atoms with Crippen molar-refractivity contribution in [3.63, 3.8) is 0 Å². The Morgan fingerprint density at radius 1 is 1.11 bits per heavy atom. The summed E-state index contributed by atoms with van der Waals surface area (Å²) in [5.41, 5.74) is 3.08. The Balaban J connectivity index is 0.000000426. The number of nitrogens with zero attached hydrogens (tertiary/aromatic N) is 3. The van der Waals surface area contributed by atoms with E-state index in [9.17, 15) is 22.4 Å². The van der Waals surface area contributed by atoms with E-state index in [1.165, 1.54) is 23.3 Å². The number of carboxylic acids is 1. The van der Waals surface area contributed by atoms with Crippen LogP contribution < -0.4 is 10.1 Å². The Morgan fingerprint density at radius 3 is 2.45 bits per heavy atom. The molecule has 0 saturated carbocycles. The maximum absolute atomic E-state index is 13.3. The van der Waals surface area contributed by atoms with E-state index in [0.29, 0.717) is 29.9 Å². The third kappa shape index (κ3) is 6.13. The van der Waals surface area contributed by atoms with E-state index in [1.54, 1.807) is 36.1 Å². The summed E-state index contributed by atoms with van der Waals surface area (Å²) in [6, 6.07) is 16.3. The zero-order chi connectivity index (χ0) is 27.4. The molecule has 8 nitrogen and oxygen atoms in total. The number of rotatable bonds is 6. The van der Waals surface area contributed by atoms with Gasteiger partial charge in [0, 0.05) is 50.8 Å². The number of carbonyl (C=O) groups excluding carboxylic acids is 1. The third-order valence-electron chi connectivity index (χ3n) is 6.65. The number of ether oxygens (including phenoxy) is 1. The number of carbonyl (C=O) groups is 2. The first-order chi connectivity index (χ1) is 18.0. The molecule has 1 aromatic heterocycles. The topological polar surface area (TPSA) is 96.7 Å². The van der Waals surface area contributed by atoms with Crippen molar-refractivity contribution in [2.24, 2.45) is 13.0 Å². The van der Waals surface area contributed by atoms with Gasteiger partial charge in [-0.15, -0.1) is 0 Å². The highest BCUT2D eigenvalue weighted by Gasteiger charge is 2.46. The van der Waals surface area contributed by atoms with E-state index in [1.807, 2.05) is 6.07 Å². The van der Waals surface area contributed by atoms with Gasteiger partial charge in [0.15, 0.2) is 0 Å². The molecule has 2 heterocycles. The average molecular weight is 535 g/mol. The zero-order valence-corrected chi connectivity index (χ0v) is 20.4. The van der Waals surface area contributed by atoms with Crippen molar-refractivity contribution in [2.75, 3.05) is 26.2 Å². The summed E-state index contributed by atoms with van der Waals surface area (Å²) in [7, 11) is 1.77. The van der Waals surface area contributed by atoms with Gasteiger partial charge in [0.2, 0.25) is 0 Å². The van der Waals surface area contributed by atoms with E-state index in [0.717, 1.165) is 19.6 Å². The quantitative estimate of drug-likeness (QED) is 0.468. The standard InChI is InChI=1S/C24H25FN4O2.C2HF3O2/c1-28-22(9-10-26-28)24(30)27-23-19-8-3-2-7-18(19)20-14-29(15-21(20)23)11-12-31-17-6-4-5-16(25)13-17;3-2(4,5)1(6)7/h2-10,13,20-21,23H,11-12,14-15H2,1H3,(H,27,30);(H,6,7)/t20-,21-,23+;/m0./s1. The molecule has 2 N–H and O–H groups in total. The number of amides is 1. The molecule has 1 aliphatic heterocycles. The van der Waals surface area contributed by atoms with Gasteiger partial charge in [0.05, 0.1) is 6.04 Å². The number of halogens is 4. The minimum absolute atomic E-state index is 0.0299. The lowest BCUT2D eigenvalue weighted by Crippen LogP contribution is -2.35. The van der Waals surface area contributed by atoms with Crippen LogP contribution in [0, 0.1) is 11.7 Å². The number of hydrogen-bond donors (Lipinski definition) is 2. The molecule has 3 aromatic rings. The lowest BCUT2D eigenvalue weighted by molar-refractivity contribution is -0.192. The molecule has 2 aromatic carbocycles. The number of carboxylic acid groups (broad SMARTS) is 1. The molecule has 1 fully saturated rings. The molecular formula is C26H26F4N4O4. The SMILES string of the molecule is Cn1nccc1C(=O)N[C@@H]1c2ccccc2[C@@H]2CN(CCOc3cccc(F)c3)C[C@H]12.O=C(O)C(F)(F)F. The summed E-state index contributed by atoms with van der Waals surface area (Å²) >= 11 is 0. The van der Waals surface area contributed by atoms with Crippen molar-refractivity contribution >= 4 is 11.9 Å². The van der Waals surface area contributed by atoms with Gasteiger partial charge in [0.25, 0.3) is 5.91 Å². The summed E-state index contributed by atoms with van der Waals surface area (Å²) in [6.45, 7) is 3.05. The number of fused-ring (bicyclic) bond motifs is 3. The highest BCUT2D eigenvalue weighted by atomic mass is 19.4. The van der Waals surface area contributed by atoms with Crippen molar-refractivity contribution in [1.82, 2.24) is 20.0 Å². The zero-order valence-electron chi connectivity index (χ0n) is 20.4. The van der Waals surface area contributed by atoms with Crippen LogP contribution >= 0.6 is 0 Å². The summed E-state index contributed by atoms with van der Waals surface area (Å²) in [5.74, 6) is -1.92. The second kappa shape index (κ2) is 11.2. The van der Waals surface area contributed by atoms with Gasteiger partial charge >= 0.3 is 12.1 Å². The molecule has 1 aliphatic carbocycles. The molecule has 202 valence electrons. The van der Waals surface area contributed by atoms with Crippen molar-refractivity contribution in [1.29, 1.82) is 0 Å². The monoisotopic (exact) mass is 534 g/mol. The van der Waals surface area contributed by atoms with Crippen LogP contribution in [-0.4, -0.2) is 64.1 Å². The van der Waals surface area contributed by atoms with Crippen LogP contribution in [0.1, 0.15) is 33.6 Å². The van der Waals surface area contributed by atoms with Crippen LogP contribution in [0.3, 0.4) is 0 Å². The number of aromatic nitrogens is 2. The fraction of sp³-hybridized carbons (Fsp3) is 0.346. The number of alkyl halides is 3. The van der Waals surface area contributed by atoms with Crippen LogP contribution in [0.4, 0.5) is 17.6 Å². The molecule has 0 radical (unpaired) electrons. The largest absolute Gasteiger partial charge is 0.492 e. The Kier molecular flexibility index (Phi) is 8.00. The van der Waals surface area contributed by atoms with Gasteiger partial charge in [-0.1, -0.05) is 30.3 Å². The van der Waals surface area contributed by atoms with Crippen LogP contribution in [0.2, 0.25) is 0 Å². The molecule has 0 unspecified atom stereocenters. The summed E-state index contributed by atoms with van der Waals surface area (Å²) in [5, 5.41) is 14.5.